The first-order valence-electron chi connectivity index (χ1n) is 9.56. The van der Waals surface area contributed by atoms with Gasteiger partial charge >= 0.3 is 0 Å². The maximum absolute atomic E-state index is 12.8. The van der Waals surface area contributed by atoms with Crippen molar-refractivity contribution in [3.05, 3.63) is 23.4 Å². The first-order chi connectivity index (χ1) is 12.7. The lowest BCUT2D eigenvalue weighted by atomic mass is 9.93. The zero-order valence-electron chi connectivity index (χ0n) is 15.3. The molecule has 1 amide bonds. The van der Waals surface area contributed by atoms with Crippen LogP contribution in [0.1, 0.15) is 38.5 Å². The average Bonchev–Trinajstić information content (AvgIpc) is 3.33. The van der Waals surface area contributed by atoms with Gasteiger partial charge in [-0.1, -0.05) is 18.1 Å². The molecule has 1 atom stereocenters. The number of hydrogen-bond acceptors (Lipinski definition) is 6. The van der Waals surface area contributed by atoms with Gasteiger partial charge in [0.2, 0.25) is 17.6 Å². The predicted molar refractivity (Wildman–Crippen MR) is 101 cm³/mol. The number of nitrogens with zero attached hydrogens (tertiary/aromatic N) is 4. The molecule has 6 nitrogen and oxygen atoms in total. The Kier molecular flexibility index (Phi) is 5.36. The van der Waals surface area contributed by atoms with E-state index in [2.05, 4.69) is 26.9 Å². The number of carbonyl (C=O) groups excluding carboxylic acids is 1. The van der Waals surface area contributed by atoms with Crippen LogP contribution in [0.5, 0.6) is 0 Å². The Labute approximate surface area is 158 Å². The number of thiophene rings is 1. The fourth-order valence-corrected chi connectivity index (χ4v) is 4.65. The number of piperidine rings is 2. The highest BCUT2D eigenvalue weighted by Crippen LogP contribution is 2.25. The highest BCUT2D eigenvalue weighted by molar-refractivity contribution is 7.13. The van der Waals surface area contributed by atoms with Crippen LogP contribution in [0, 0.1) is 11.8 Å². The minimum Gasteiger partial charge on any atom is -0.342 e. The zero-order chi connectivity index (χ0) is 17.9. The Morgan fingerprint density at radius 2 is 2.15 bits per heavy atom. The molecular weight excluding hydrogens is 348 g/mol. The van der Waals surface area contributed by atoms with Crippen LogP contribution < -0.4 is 0 Å². The minimum absolute atomic E-state index is 0.181. The molecule has 0 spiro atoms. The Balaban J connectivity index is 1.28. The van der Waals surface area contributed by atoms with Gasteiger partial charge in [-0.2, -0.15) is 4.98 Å². The van der Waals surface area contributed by atoms with E-state index in [4.69, 9.17) is 4.52 Å². The summed E-state index contributed by atoms with van der Waals surface area (Å²) in [7, 11) is 0. The zero-order valence-corrected chi connectivity index (χ0v) is 16.1. The summed E-state index contributed by atoms with van der Waals surface area (Å²) < 4.78 is 5.40. The standard InChI is InChI=1S/C19H26N4O2S/c1-14-4-2-8-23(12-14)19(24)15-6-9-22(10-7-15)13-17-20-18(21-25-17)16-5-3-11-26-16/h3,5,11,14-15H,2,4,6-10,12-13H2,1H3. The quantitative estimate of drug-likeness (QED) is 0.822. The number of aromatic nitrogens is 2. The fraction of sp³-hybridized carbons (Fsp3) is 0.632. The monoisotopic (exact) mass is 374 g/mol. The number of carbonyl (C=O) groups is 1. The van der Waals surface area contributed by atoms with E-state index in [1.807, 2.05) is 17.5 Å². The molecule has 0 N–H and O–H groups in total. The lowest BCUT2D eigenvalue weighted by Gasteiger charge is -2.36. The van der Waals surface area contributed by atoms with E-state index in [1.165, 1.54) is 6.42 Å². The molecule has 1 unspecified atom stereocenters. The van der Waals surface area contributed by atoms with Crippen molar-refractivity contribution in [2.75, 3.05) is 26.2 Å². The normalized spacial score (nSPS) is 22.7. The molecule has 2 fully saturated rings. The molecular formula is C19H26N4O2S. The van der Waals surface area contributed by atoms with Crippen molar-refractivity contribution in [2.45, 2.75) is 39.2 Å². The van der Waals surface area contributed by atoms with Crippen molar-refractivity contribution in [3.63, 3.8) is 0 Å². The third-order valence-electron chi connectivity index (χ3n) is 5.47. The van der Waals surface area contributed by atoms with Gasteiger partial charge in [-0.15, -0.1) is 11.3 Å². The molecule has 4 heterocycles. The molecule has 26 heavy (non-hydrogen) atoms. The summed E-state index contributed by atoms with van der Waals surface area (Å²) >= 11 is 1.61. The molecule has 7 heteroatoms. The molecule has 0 aliphatic carbocycles. The molecule has 2 saturated heterocycles. The van der Waals surface area contributed by atoms with Gasteiger partial charge in [0.1, 0.15) is 0 Å². The summed E-state index contributed by atoms with van der Waals surface area (Å²) in [6.07, 6.45) is 4.25. The highest BCUT2D eigenvalue weighted by atomic mass is 32.1. The second kappa shape index (κ2) is 7.88. The second-order valence-electron chi connectivity index (χ2n) is 7.57. The molecule has 2 aromatic heterocycles. The van der Waals surface area contributed by atoms with Gasteiger partial charge in [0.25, 0.3) is 0 Å². The Morgan fingerprint density at radius 3 is 2.88 bits per heavy atom. The molecule has 2 aliphatic heterocycles. The van der Waals surface area contributed by atoms with Crippen LogP contribution in [0.4, 0.5) is 0 Å². The average molecular weight is 375 g/mol. The molecule has 2 aliphatic rings. The van der Waals surface area contributed by atoms with Crippen molar-refractivity contribution in [1.29, 1.82) is 0 Å². The fourth-order valence-electron chi connectivity index (χ4n) is 4.00. The maximum atomic E-state index is 12.8. The van der Waals surface area contributed by atoms with Crippen molar-refractivity contribution in [1.82, 2.24) is 19.9 Å². The molecule has 0 aromatic carbocycles. The Morgan fingerprint density at radius 1 is 1.31 bits per heavy atom. The molecule has 4 rings (SSSR count). The van der Waals surface area contributed by atoms with E-state index in [0.717, 1.165) is 50.3 Å². The van der Waals surface area contributed by atoms with Gasteiger partial charge in [-0.25, -0.2) is 0 Å². The van der Waals surface area contributed by atoms with Gasteiger partial charge in [0.05, 0.1) is 11.4 Å². The maximum Gasteiger partial charge on any atom is 0.241 e. The van der Waals surface area contributed by atoms with Gasteiger partial charge in [-0.3, -0.25) is 9.69 Å². The second-order valence-corrected chi connectivity index (χ2v) is 8.52. The number of rotatable bonds is 4. The first kappa shape index (κ1) is 17.7. The summed E-state index contributed by atoms with van der Waals surface area (Å²) in [4.78, 5) is 22.7. The predicted octanol–water partition coefficient (Wildman–Crippen LogP) is 3.27. The third kappa shape index (κ3) is 3.99. The van der Waals surface area contributed by atoms with Crippen LogP contribution in [-0.2, 0) is 11.3 Å². The van der Waals surface area contributed by atoms with Gasteiger partial charge in [0, 0.05) is 19.0 Å². The SMILES string of the molecule is CC1CCCN(C(=O)C2CCN(Cc3nc(-c4cccs4)no3)CC2)C1. The number of likely N-dealkylation sites (tertiary alicyclic amines) is 2. The topological polar surface area (TPSA) is 62.5 Å². The van der Waals surface area contributed by atoms with Gasteiger partial charge in [0.15, 0.2) is 0 Å². The van der Waals surface area contributed by atoms with Gasteiger partial charge in [-0.05, 0) is 56.1 Å². The van der Waals surface area contributed by atoms with E-state index in [1.54, 1.807) is 11.3 Å². The Bertz CT molecular complexity index is 722. The van der Waals surface area contributed by atoms with Crippen LogP contribution in [-0.4, -0.2) is 52.0 Å². The van der Waals surface area contributed by atoms with E-state index >= 15 is 0 Å². The van der Waals surface area contributed by atoms with Crippen LogP contribution in [0.25, 0.3) is 10.7 Å². The van der Waals surface area contributed by atoms with E-state index in [-0.39, 0.29) is 5.92 Å². The molecule has 2 aromatic rings. The van der Waals surface area contributed by atoms with E-state index in [0.29, 0.717) is 30.1 Å². The lowest BCUT2D eigenvalue weighted by Crippen LogP contribution is -2.45. The lowest BCUT2D eigenvalue weighted by molar-refractivity contribution is -0.138. The highest BCUT2D eigenvalue weighted by Gasteiger charge is 2.30. The van der Waals surface area contributed by atoms with Crippen LogP contribution in [0.15, 0.2) is 22.0 Å². The summed E-state index contributed by atoms with van der Waals surface area (Å²) in [6, 6.07) is 3.98. The van der Waals surface area contributed by atoms with Crippen molar-refractivity contribution >= 4 is 17.2 Å². The molecule has 140 valence electrons. The largest absolute Gasteiger partial charge is 0.342 e. The minimum atomic E-state index is 0.181. The number of amides is 1. The third-order valence-corrected chi connectivity index (χ3v) is 6.34. The van der Waals surface area contributed by atoms with Crippen LogP contribution >= 0.6 is 11.3 Å². The van der Waals surface area contributed by atoms with Crippen molar-refractivity contribution in [2.24, 2.45) is 11.8 Å². The summed E-state index contributed by atoms with van der Waals surface area (Å²) in [5, 5.41) is 6.08. The summed E-state index contributed by atoms with van der Waals surface area (Å²) in [5.74, 6) is 2.51. The molecule has 0 radical (unpaired) electrons. The van der Waals surface area contributed by atoms with Crippen LogP contribution in [0.3, 0.4) is 0 Å². The summed E-state index contributed by atoms with van der Waals surface area (Å²) in [6.45, 7) is 6.62. The van der Waals surface area contributed by atoms with Gasteiger partial charge < -0.3 is 9.42 Å². The van der Waals surface area contributed by atoms with E-state index < -0.39 is 0 Å². The van der Waals surface area contributed by atoms with E-state index in [9.17, 15) is 4.79 Å². The molecule has 0 bridgehead atoms. The van der Waals surface area contributed by atoms with Crippen LogP contribution in [0.2, 0.25) is 0 Å². The van der Waals surface area contributed by atoms with Crippen molar-refractivity contribution < 1.29 is 9.32 Å². The molecule has 0 saturated carbocycles. The Hall–Kier alpha value is -1.73. The van der Waals surface area contributed by atoms with Crippen molar-refractivity contribution in [3.8, 4) is 10.7 Å². The smallest absolute Gasteiger partial charge is 0.241 e. The first-order valence-corrected chi connectivity index (χ1v) is 10.4. The number of hydrogen-bond donors (Lipinski definition) is 0. The summed E-state index contributed by atoms with van der Waals surface area (Å²) in [5.41, 5.74) is 0.